The number of nitrogens with zero attached hydrogens (tertiary/aromatic N) is 1. The van der Waals surface area contributed by atoms with Crippen molar-refractivity contribution in [3.05, 3.63) is 11.6 Å². The van der Waals surface area contributed by atoms with Crippen molar-refractivity contribution in [3.63, 3.8) is 0 Å². The fourth-order valence-electron chi connectivity index (χ4n) is 1.01. The highest BCUT2D eigenvalue weighted by atomic mass is 14.7. The number of aliphatic imine (C=N–C) groups is 1. The summed E-state index contributed by atoms with van der Waals surface area (Å²) in [4.78, 5) is 4.52. The van der Waals surface area contributed by atoms with Crippen molar-refractivity contribution in [2.24, 2.45) is 10.4 Å². The Kier molecular flexibility index (Phi) is 9.76. The van der Waals surface area contributed by atoms with Gasteiger partial charge in [0.25, 0.3) is 0 Å². The van der Waals surface area contributed by atoms with Crippen LogP contribution in [0.4, 0.5) is 0 Å². The second-order valence-corrected chi connectivity index (χ2v) is 4.45. The van der Waals surface area contributed by atoms with Crippen LogP contribution in [-0.4, -0.2) is 12.3 Å². The minimum absolute atomic E-state index is 0.173. The average molecular weight is 211 g/mol. The average Bonchev–Trinajstić information content (AvgIpc) is 2.18. The van der Waals surface area contributed by atoms with Crippen molar-refractivity contribution >= 4 is 5.71 Å². The van der Waals surface area contributed by atoms with Gasteiger partial charge >= 0.3 is 0 Å². The lowest BCUT2D eigenvalue weighted by atomic mass is 9.88. The quantitative estimate of drug-likeness (QED) is 0.590. The van der Waals surface area contributed by atoms with Crippen LogP contribution in [0.3, 0.4) is 0 Å². The molecular formula is C14H29N. The molecule has 0 spiro atoms. The molecule has 0 fully saturated rings. The minimum Gasteiger partial charge on any atom is -0.290 e. The standard InChI is InChI=1S/C12H23N.C2H6/c1-7-10(3)9-11(13-8-2)12(4,5)6;1-2/h9H,7-8H2,1-6H3;1-2H3/b10-9+,13-11?;. The molecular weight excluding hydrogens is 182 g/mol. The summed E-state index contributed by atoms with van der Waals surface area (Å²) in [5, 5.41) is 0. The molecule has 0 saturated carbocycles. The Morgan fingerprint density at radius 1 is 1.13 bits per heavy atom. The molecule has 90 valence electrons. The lowest BCUT2D eigenvalue weighted by Gasteiger charge is -2.19. The third-order valence-corrected chi connectivity index (χ3v) is 2.04. The van der Waals surface area contributed by atoms with Crippen LogP contribution in [0.5, 0.6) is 0 Å². The van der Waals surface area contributed by atoms with Gasteiger partial charge in [-0.25, -0.2) is 0 Å². The fourth-order valence-corrected chi connectivity index (χ4v) is 1.01. The SMILES string of the molecule is CC.CCN=C(/C=C(\C)CC)C(C)(C)C. The Morgan fingerprint density at radius 3 is 1.87 bits per heavy atom. The summed E-state index contributed by atoms with van der Waals surface area (Å²) in [6, 6.07) is 0. The number of rotatable bonds is 3. The van der Waals surface area contributed by atoms with Crippen molar-refractivity contribution in [2.45, 2.75) is 61.8 Å². The Labute approximate surface area is 96.7 Å². The molecule has 0 aromatic heterocycles. The van der Waals surface area contributed by atoms with E-state index in [0.717, 1.165) is 13.0 Å². The first-order valence-electron chi connectivity index (χ1n) is 6.13. The van der Waals surface area contributed by atoms with Crippen molar-refractivity contribution in [2.75, 3.05) is 6.54 Å². The van der Waals surface area contributed by atoms with Crippen LogP contribution in [0, 0.1) is 5.41 Å². The minimum atomic E-state index is 0.173. The molecule has 0 N–H and O–H groups in total. The lowest BCUT2D eigenvalue weighted by molar-refractivity contribution is 0.591. The topological polar surface area (TPSA) is 12.4 Å². The van der Waals surface area contributed by atoms with Crippen molar-refractivity contribution < 1.29 is 0 Å². The molecule has 0 atom stereocenters. The molecule has 0 aliphatic rings. The van der Waals surface area contributed by atoms with Gasteiger partial charge in [0, 0.05) is 17.7 Å². The molecule has 15 heavy (non-hydrogen) atoms. The lowest BCUT2D eigenvalue weighted by Crippen LogP contribution is -2.18. The highest BCUT2D eigenvalue weighted by Crippen LogP contribution is 2.18. The maximum absolute atomic E-state index is 4.52. The first kappa shape index (κ1) is 16.8. The van der Waals surface area contributed by atoms with Gasteiger partial charge < -0.3 is 0 Å². The monoisotopic (exact) mass is 211 g/mol. The van der Waals surface area contributed by atoms with Crippen molar-refractivity contribution in [3.8, 4) is 0 Å². The second-order valence-electron chi connectivity index (χ2n) is 4.45. The van der Waals surface area contributed by atoms with E-state index in [-0.39, 0.29) is 5.41 Å². The first-order valence-corrected chi connectivity index (χ1v) is 6.13. The van der Waals surface area contributed by atoms with Gasteiger partial charge in [-0.15, -0.1) is 0 Å². The van der Waals surface area contributed by atoms with E-state index >= 15 is 0 Å². The Bertz CT molecular complexity index is 204. The largest absolute Gasteiger partial charge is 0.290 e. The van der Waals surface area contributed by atoms with Gasteiger partial charge in [-0.3, -0.25) is 4.99 Å². The van der Waals surface area contributed by atoms with E-state index in [1.807, 2.05) is 13.8 Å². The second kappa shape index (κ2) is 8.70. The maximum atomic E-state index is 4.52. The summed E-state index contributed by atoms with van der Waals surface area (Å²) < 4.78 is 0. The summed E-state index contributed by atoms with van der Waals surface area (Å²) in [5.74, 6) is 0. The number of hydrogen-bond acceptors (Lipinski definition) is 1. The molecule has 0 rings (SSSR count). The van der Waals surface area contributed by atoms with Gasteiger partial charge in [-0.1, -0.05) is 47.1 Å². The van der Waals surface area contributed by atoms with E-state index in [4.69, 9.17) is 0 Å². The molecule has 0 aliphatic heterocycles. The molecule has 0 aliphatic carbocycles. The highest BCUT2D eigenvalue weighted by Gasteiger charge is 2.16. The molecule has 0 unspecified atom stereocenters. The molecule has 0 bridgehead atoms. The fraction of sp³-hybridized carbons (Fsp3) is 0.786. The summed E-state index contributed by atoms with van der Waals surface area (Å²) in [6.45, 7) is 17.9. The molecule has 0 radical (unpaired) electrons. The van der Waals surface area contributed by atoms with Crippen LogP contribution >= 0.6 is 0 Å². The highest BCUT2D eigenvalue weighted by molar-refractivity contribution is 5.99. The zero-order valence-electron chi connectivity index (χ0n) is 11.9. The van der Waals surface area contributed by atoms with Crippen LogP contribution in [-0.2, 0) is 0 Å². The van der Waals surface area contributed by atoms with Gasteiger partial charge in [0.1, 0.15) is 0 Å². The molecule has 0 saturated heterocycles. The summed E-state index contributed by atoms with van der Waals surface area (Å²) in [7, 11) is 0. The van der Waals surface area contributed by atoms with Gasteiger partial charge in [0.2, 0.25) is 0 Å². The maximum Gasteiger partial charge on any atom is 0.0401 e. The molecule has 0 amide bonds. The Hall–Kier alpha value is -0.590. The van der Waals surface area contributed by atoms with E-state index in [2.05, 4.69) is 52.6 Å². The molecule has 0 aromatic rings. The molecule has 0 aromatic carbocycles. The van der Waals surface area contributed by atoms with Crippen LogP contribution in [0.2, 0.25) is 0 Å². The van der Waals surface area contributed by atoms with E-state index in [9.17, 15) is 0 Å². The number of allylic oxidation sites excluding steroid dienone is 2. The van der Waals surface area contributed by atoms with E-state index in [0.29, 0.717) is 0 Å². The Balaban J connectivity index is 0. The van der Waals surface area contributed by atoms with E-state index in [1.54, 1.807) is 0 Å². The van der Waals surface area contributed by atoms with Crippen LogP contribution < -0.4 is 0 Å². The van der Waals surface area contributed by atoms with Gasteiger partial charge in [-0.2, -0.15) is 0 Å². The van der Waals surface area contributed by atoms with Crippen LogP contribution in [0.25, 0.3) is 0 Å². The molecule has 0 heterocycles. The van der Waals surface area contributed by atoms with Crippen molar-refractivity contribution in [1.82, 2.24) is 0 Å². The van der Waals surface area contributed by atoms with Gasteiger partial charge in [0.05, 0.1) is 0 Å². The summed E-state index contributed by atoms with van der Waals surface area (Å²) in [6.07, 6.45) is 3.34. The summed E-state index contributed by atoms with van der Waals surface area (Å²) in [5.41, 5.74) is 2.79. The first-order chi connectivity index (χ1) is 6.91. The smallest absolute Gasteiger partial charge is 0.0401 e. The van der Waals surface area contributed by atoms with Crippen LogP contribution in [0.15, 0.2) is 16.6 Å². The van der Waals surface area contributed by atoms with Gasteiger partial charge in [0.15, 0.2) is 0 Å². The Morgan fingerprint density at radius 2 is 1.60 bits per heavy atom. The molecule has 1 heteroatoms. The predicted octanol–water partition coefficient (Wildman–Crippen LogP) is 4.88. The number of hydrogen-bond donors (Lipinski definition) is 0. The normalized spacial score (nSPS) is 13.3. The van der Waals surface area contributed by atoms with Crippen LogP contribution in [0.1, 0.15) is 61.8 Å². The summed E-state index contributed by atoms with van der Waals surface area (Å²) >= 11 is 0. The van der Waals surface area contributed by atoms with Crippen molar-refractivity contribution in [1.29, 1.82) is 0 Å². The zero-order chi connectivity index (χ0) is 12.5. The third-order valence-electron chi connectivity index (χ3n) is 2.04. The predicted molar refractivity (Wildman–Crippen MR) is 72.8 cm³/mol. The molecule has 1 nitrogen and oxygen atoms in total. The van der Waals surface area contributed by atoms with E-state index in [1.165, 1.54) is 11.3 Å². The zero-order valence-corrected chi connectivity index (χ0v) is 11.9. The van der Waals surface area contributed by atoms with Gasteiger partial charge in [-0.05, 0) is 26.3 Å². The van der Waals surface area contributed by atoms with E-state index < -0.39 is 0 Å². The third kappa shape index (κ3) is 8.41.